The summed E-state index contributed by atoms with van der Waals surface area (Å²) in [6.45, 7) is 2.73. The van der Waals surface area contributed by atoms with Gasteiger partial charge in [0, 0.05) is 30.4 Å². The van der Waals surface area contributed by atoms with E-state index in [0.717, 1.165) is 42.4 Å². The Morgan fingerprint density at radius 1 is 1.05 bits per heavy atom. The molecule has 0 unspecified atom stereocenters. The van der Waals surface area contributed by atoms with Crippen molar-refractivity contribution in [2.45, 2.75) is 12.8 Å². The number of fused-ring (bicyclic) bond motifs is 1. The molecule has 2 aromatic carbocycles. The molecule has 0 radical (unpaired) electrons. The number of rotatable bonds is 3. The molecular formula is C17H19N3O. The Kier molecular flexibility index (Phi) is 4.05. The molecule has 4 nitrogen and oxygen atoms in total. The van der Waals surface area contributed by atoms with Crippen molar-refractivity contribution in [1.29, 1.82) is 5.26 Å². The number of hydrazine groups is 1. The van der Waals surface area contributed by atoms with E-state index in [-0.39, 0.29) is 6.61 Å². The maximum atomic E-state index is 9.27. The Hall–Kier alpha value is -2.09. The van der Waals surface area contributed by atoms with Crippen LogP contribution >= 0.6 is 0 Å². The van der Waals surface area contributed by atoms with E-state index in [4.69, 9.17) is 0 Å². The van der Waals surface area contributed by atoms with Crippen molar-refractivity contribution in [3.8, 4) is 6.07 Å². The molecule has 3 rings (SSSR count). The number of hydrogen-bond donors (Lipinski definition) is 1. The second-order valence-electron chi connectivity index (χ2n) is 5.30. The summed E-state index contributed by atoms with van der Waals surface area (Å²) < 4.78 is 0. The van der Waals surface area contributed by atoms with Crippen LogP contribution in [0.1, 0.15) is 18.4 Å². The molecule has 1 aliphatic rings. The van der Waals surface area contributed by atoms with E-state index in [2.05, 4.69) is 22.2 Å². The molecule has 0 amide bonds. The predicted molar refractivity (Wildman–Crippen MR) is 83.9 cm³/mol. The van der Waals surface area contributed by atoms with Gasteiger partial charge in [-0.05, 0) is 25.0 Å². The van der Waals surface area contributed by atoms with Gasteiger partial charge in [0.15, 0.2) is 0 Å². The molecule has 0 saturated carbocycles. The van der Waals surface area contributed by atoms with Crippen molar-refractivity contribution < 1.29 is 5.11 Å². The quantitative estimate of drug-likeness (QED) is 0.939. The maximum Gasteiger partial charge on any atom is 0.0998 e. The molecule has 0 spiro atoms. The summed E-state index contributed by atoms with van der Waals surface area (Å²) in [5.74, 6) is 0. The van der Waals surface area contributed by atoms with Crippen LogP contribution in [0.3, 0.4) is 0 Å². The highest BCUT2D eigenvalue weighted by Gasteiger charge is 2.21. The summed E-state index contributed by atoms with van der Waals surface area (Å²) in [6.07, 6.45) is 2.31. The van der Waals surface area contributed by atoms with Gasteiger partial charge in [-0.25, -0.2) is 5.01 Å². The van der Waals surface area contributed by atoms with Gasteiger partial charge in [-0.2, -0.15) is 5.26 Å². The second kappa shape index (κ2) is 6.13. The van der Waals surface area contributed by atoms with E-state index >= 15 is 0 Å². The predicted octanol–water partition coefficient (Wildman–Crippen LogP) is 2.52. The molecule has 108 valence electrons. The normalized spacial score (nSPS) is 16.1. The van der Waals surface area contributed by atoms with Crippen LogP contribution in [0.2, 0.25) is 0 Å². The van der Waals surface area contributed by atoms with Crippen molar-refractivity contribution in [3.05, 3.63) is 42.0 Å². The molecule has 1 saturated heterocycles. The van der Waals surface area contributed by atoms with Crippen molar-refractivity contribution >= 4 is 16.5 Å². The minimum Gasteiger partial charge on any atom is -0.395 e. The Morgan fingerprint density at radius 2 is 1.81 bits per heavy atom. The summed E-state index contributed by atoms with van der Waals surface area (Å²) in [7, 11) is 0. The summed E-state index contributed by atoms with van der Waals surface area (Å²) >= 11 is 0. The van der Waals surface area contributed by atoms with E-state index < -0.39 is 0 Å². The first-order valence-electron chi connectivity index (χ1n) is 7.40. The van der Waals surface area contributed by atoms with Gasteiger partial charge in [-0.1, -0.05) is 24.3 Å². The topological polar surface area (TPSA) is 50.5 Å². The minimum atomic E-state index is 0.157. The zero-order chi connectivity index (χ0) is 14.7. The first-order valence-corrected chi connectivity index (χ1v) is 7.40. The van der Waals surface area contributed by atoms with Gasteiger partial charge >= 0.3 is 0 Å². The fourth-order valence-corrected chi connectivity index (χ4v) is 3.04. The van der Waals surface area contributed by atoms with Gasteiger partial charge < -0.3 is 10.1 Å². The summed E-state index contributed by atoms with van der Waals surface area (Å²) in [5.41, 5.74) is 1.83. The Morgan fingerprint density at radius 3 is 2.57 bits per heavy atom. The van der Waals surface area contributed by atoms with Crippen molar-refractivity contribution in [1.82, 2.24) is 5.01 Å². The number of benzene rings is 2. The number of aliphatic hydroxyl groups excluding tert-OH is 1. The lowest BCUT2D eigenvalue weighted by Gasteiger charge is -2.40. The zero-order valence-corrected chi connectivity index (χ0v) is 12.0. The van der Waals surface area contributed by atoms with E-state index in [1.54, 1.807) is 0 Å². The fourth-order valence-electron chi connectivity index (χ4n) is 3.04. The van der Waals surface area contributed by atoms with Crippen LogP contribution < -0.4 is 5.01 Å². The van der Waals surface area contributed by atoms with E-state index in [0.29, 0.717) is 12.1 Å². The molecule has 1 N–H and O–H groups in total. The molecule has 4 heteroatoms. The molecule has 2 aromatic rings. The summed E-state index contributed by atoms with van der Waals surface area (Å²) in [4.78, 5) is 0. The molecular weight excluding hydrogens is 262 g/mol. The number of aliphatic hydroxyl groups is 1. The molecule has 1 heterocycles. The van der Waals surface area contributed by atoms with Gasteiger partial charge in [-0.3, -0.25) is 0 Å². The first-order chi connectivity index (χ1) is 10.3. The third-order valence-electron chi connectivity index (χ3n) is 4.04. The van der Waals surface area contributed by atoms with Crippen LogP contribution in [-0.2, 0) is 0 Å². The average Bonchev–Trinajstić information content (AvgIpc) is 2.55. The standard InChI is InChI=1S/C17H19N3O/c18-13-14-7-8-17(16-6-2-1-5-15(14)16)20-10-4-3-9-19(20)11-12-21/h1-2,5-8,21H,3-4,9-12H2. The van der Waals surface area contributed by atoms with Crippen molar-refractivity contribution in [3.63, 3.8) is 0 Å². The number of hydrogen-bond acceptors (Lipinski definition) is 4. The van der Waals surface area contributed by atoms with E-state index in [1.165, 1.54) is 0 Å². The molecule has 0 aliphatic carbocycles. The summed E-state index contributed by atoms with van der Waals surface area (Å²) in [6, 6.07) is 14.2. The smallest absolute Gasteiger partial charge is 0.0998 e. The third kappa shape index (κ3) is 2.58. The Bertz CT molecular complexity index is 675. The maximum absolute atomic E-state index is 9.27. The molecule has 0 bridgehead atoms. The molecule has 1 fully saturated rings. The van der Waals surface area contributed by atoms with Crippen molar-refractivity contribution in [2.75, 3.05) is 31.3 Å². The Balaban J connectivity index is 2.09. The minimum absolute atomic E-state index is 0.157. The van der Waals surface area contributed by atoms with Gasteiger partial charge in [-0.15, -0.1) is 0 Å². The number of anilines is 1. The van der Waals surface area contributed by atoms with Gasteiger partial charge in [0.05, 0.1) is 23.9 Å². The largest absolute Gasteiger partial charge is 0.395 e. The lowest BCUT2D eigenvalue weighted by molar-refractivity contribution is 0.163. The number of nitrogens with zero attached hydrogens (tertiary/aromatic N) is 3. The molecule has 1 aliphatic heterocycles. The number of nitriles is 1. The van der Waals surface area contributed by atoms with Crippen LogP contribution in [0, 0.1) is 11.3 Å². The average molecular weight is 281 g/mol. The lowest BCUT2D eigenvalue weighted by Crippen LogP contribution is -2.48. The van der Waals surface area contributed by atoms with Crippen LogP contribution in [-0.4, -0.2) is 36.4 Å². The molecule has 0 aromatic heterocycles. The Labute approximate surface area is 124 Å². The SMILES string of the molecule is N#Cc1ccc(N2CCCCN2CCO)c2ccccc12. The van der Waals surface area contributed by atoms with Crippen LogP contribution in [0.15, 0.2) is 36.4 Å². The van der Waals surface area contributed by atoms with E-state index in [9.17, 15) is 10.4 Å². The monoisotopic (exact) mass is 281 g/mol. The fraction of sp³-hybridized carbons (Fsp3) is 0.353. The van der Waals surface area contributed by atoms with Gasteiger partial charge in [0.25, 0.3) is 0 Å². The first kappa shape index (κ1) is 13.9. The van der Waals surface area contributed by atoms with Gasteiger partial charge in [0.1, 0.15) is 0 Å². The highest BCUT2D eigenvalue weighted by Crippen LogP contribution is 2.31. The summed E-state index contributed by atoms with van der Waals surface area (Å²) in [5, 5.41) is 25.1. The lowest BCUT2D eigenvalue weighted by atomic mass is 10.0. The molecule has 21 heavy (non-hydrogen) atoms. The molecule has 0 atom stereocenters. The van der Waals surface area contributed by atoms with Crippen LogP contribution in [0.5, 0.6) is 0 Å². The van der Waals surface area contributed by atoms with Crippen LogP contribution in [0.25, 0.3) is 10.8 Å². The second-order valence-corrected chi connectivity index (χ2v) is 5.30. The zero-order valence-electron chi connectivity index (χ0n) is 12.0. The van der Waals surface area contributed by atoms with Crippen LogP contribution in [0.4, 0.5) is 5.69 Å². The highest BCUT2D eigenvalue weighted by atomic mass is 16.3. The van der Waals surface area contributed by atoms with E-state index in [1.807, 2.05) is 30.3 Å². The number of β-amino-alcohol motifs (C(OH)–C–C–N with tert-alkyl or cyclic N) is 1. The third-order valence-corrected chi connectivity index (χ3v) is 4.04. The highest BCUT2D eigenvalue weighted by molar-refractivity contribution is 5.97. The van der Waals surface area contributed by atoms with Gasteiger partial charge in [0.2, 0.25) is 0 Å². The van der Waals surface area contributed by atoms with Crippen molar-refractivity contribution in [2.24, 2.45) is 0 Å².